The van der Waals surface area contributed by atoms with E-state index in [0.717, 1.165) is 51.4 Å². The third-order valence-electron chi connectivity index (χ3n) is 2.64. The van der Waals surface area contributed by atoms with Crippen LogP contribution in [-0.2, 0) is 43.7 Å². The van der Waals surface area contributed by atoms with Crippen LogP contribution in [0.2, 0.25) is 0 Å². The van der Waals surface area contributed by atoms with E-state index >= 15 is 0 Å². The van der Waals surface area contributed by atoms with Gasteiger partial charge in [0, 0.05) is 36.5 Å². The molecule has 0 bridgehead atoms. The van der Waals surface area contributed by atoms with E-state index in [4.69, 9.17) is 19.8 Å². The van der Waals surface area contributed by atoms with Gasteiger partial charge in [0.05, 0.1) is 13.1 Å². The number of carboxylic acid groups (broad SMARTS) is 2. The third-order valence-corrected chi connectivity index (χ3v) is 2.64. The van der Waals surface area contributed by atoms with Crippen LogP contribution in [0.25, 0.3) is 0 Å². The van der Waals surface area contributed by atoms with Crippen molar-refractivity contribution in [1.29, 1.82) is 0 Å². The molecule has 0 fully saturated rings. The number of hydrogen-bond acceptors (Lipinski definition) is 10. The van der Waals surface area contributed by atoms with E-state index < -0.39 is 11.9 Å². The molecule has 0 saturated heterocycles. The molecule has 10 nitrogen and oxygen atoms in total. The van der Waals surface area contributed by atoms with Crippen molar-refractivity contribution in [2.45, 2.75) is 41.5 Å². The summed E-state index contributed by atoms with van der Waals surface area (Å²) in [5.74, 6) is -2.05. The van der Waals surface area contributed by atoms with E-state index in [9.17, 15) is 10.2 Å². The van der Waals surface area contributed by atoms with Gasteiger partial charge in [0.1, 0.15) is 0 Å². The van der Waals surface area contributed by atoms with Gasteiger partial charge in [0.2, 0.25) is 0 Å². The summed E-state index contributed by atoms with van der Waals surface area (Å²) >= 11 is 0. The molecule has 0 N–H and O–H groups in total. The summed E-state index contributed by atoms with van der Waals surface area (Å²) in [4.78, 5) is 30.3. The molecule has 2 radical (unpaired) electrons. The Balaban J connectivity index is -0.0000000840. The number of hydrogen-bond donors (Lipinski definition) is 0. The summed E-state index contributed by atoms with van der Waals surface area (Å²) in [5.41, 5.74) is 1.62. The zero-order valence-corrected chi connectivity index (χ0v) is 23.7. The molecule has 0 spiro atoms. The molecular formula is C22H40Cu2N4O6. The van der Waals surface area contributed by atoms with E-state index in [1.807, 2.05) is 42.0 Å². The van der Waals surface area contributed by atoms with Crippen molar-refractivity contribution in [3.8, 4) is 0 Å². The van der Waals surface area contributed by atoms with Crippen LogP contribution in [0.4, 0.5) is 0 Å². The first-order valence-electron chi connectivity index (χ1n) is 9.88. The van der Waals surface area contributed by atoms with Crippen LogP contribution >= 0.6 is 0 Å². The van der Waals surface area contributed by atoms with Gasteiger partial charge in [-0.3, -0.25) is 9.98 Å². The van der Waals surface area contributed by atoms with Crippen molar-refractivity contribution >= 4 is 23.4 Å². The van der Waals surface area contributed by atoms with Gasteiger partial charge in [-0.1, -0.05) is 26.0 Å². The van der Waals surface area contributed by atoms with Crippen LogP contribution in [0.5, 0.6) is 0 Å². The molecule has 0 aliphatic heterocycles. The van der Waals surface area contributed by atoms with E-state index in [2.05, 4.69) is 19.8 Å². The maximum absolute atomic E-state index is 10.6. The van der Waals surface area contributed by atoms with Crippen LogP contribution in [0.15, 0.2) is 33.7 Å². The molecule has 0 aliphatic rings. The van der Waals surface area contributed by atoms with Crippen molar-refractivity contribution in [3.63, 3.8) is 0 Å². The van der Waals surface area contributed by atoms with Crippen LogP contribution in [0.1, 0.15) is 41.5 Å². The molecule has 0 aromatic carbocycles. The van der Waals surface area contributed by atoms with E-state index in [0.29, 0.717) is 0 Å². The fourth-order valence-electron chi connectivity index (χ4n) is 1.53. The predicted molar refractivity (Wildman–Crippen MR) is 122 cm³/mol. The molecule has 0 rings (SSSR count). The zero-order chi connectivity index (χ0) is 26.3. The topological polar surface area (TPSA) is 158 Å². The smallest absolute Gasteiger partial charge is 0.876 e. The quantitative estimate of drug-likeness (QED) is 0.181. The van der Waals surface area contributed by atoms with Crippen molar-refractivity contribution in [2.24, 2.45) is 9.98 Å². The number of carbonyl (C=O) groups is 2. The molecule has 0 amide bonds. The molecule has 206 valence electrons. The molecule has 0 aliphatic carbocycles. The number of carbonyl (C=O) groups excluding carboxylic acids is 2. The molecule has 0 atom stereocenters. The second-order valence-electron chi connectivity index (χ2n) is 7.15. The number of nitrogens with zero attached hydrogens (tertiary/aromatic N) is 4. The van der Waals surface area contributed by atoms with Gasteiger partial charge in [-0.25, -0.2) is 0 Å². The largest absolute Gasteiger partial charge is 2.00 e. The molecule has 34 heavy (non-hydrogen) atoms. The first kappa shape index (κ1) is 45.8. The Morgan fingerprint density at radius 1 is 0.618 bits per heavy atom. The number of allylic oxidation sites excluding steroid dienone is 4. The first-order valence-corrected chi connectivity index (χ1v) is 9.88. The zero-order valence-electron chi connectivity index (χ0n) is 21.8. The second kappa shape index (κ2) is 31.3. The van der Waals surface area contributed by atoms with Crippen LogP contribution in [-0.4, -0.2) is 87.5 Å². The third kappa shape index (κ3) is 77.7. The molecule has 12 heteroatoms. The summed E-state index contributed by atoms with van der Waals surface area (Å²) in [6, 6.07) is 0. The van der Waals surface area contributed by atoms with Gasteiger partial charge in [-0.2, -0.15) is 0 Å². The normalized spacial score (nSPS) is 11.4. The number of aliphatic carboxylic acids is 2. The summed E-state index contributed by atoms with van der Waals surface area (Å²) < 4.78 is 0. The number of rotatable bonds is 8. The average Bonchev–Trinajstić information content (AvgIpc) is 2.52. The van der Waals surface area contributed by atoms with Gasteiger partial charge in [-0.15, -0.1) is 11.5 Å². The monoisotopic (exact) mass is 582 g/mol. The van der Waals surface area contributed by atoms with Crippen molar-refractivity contribution in [1.82, 2.24) is 9.80 Å². The Morgan fingerprint density at radius 2 is 0.824 bits per heavy atom. The molecule has 0 saturated carbocycles. The van der Waals surface area contributed by atoms with Gasteiger partial charge >= 0.3 is 34.1 Å². The van der Waals surface area contributed by atoms with E-state index in [1.165, 1.54) is 13.8 Å². The summed E-state index contributed by atoms with van der Waals surface area (Å²) in [6.45, 7) is 12.0. The number of aliphatic imine (C=N–C) groups is 2. The van der Waals surface area contributed by atoms with Crippen LogP contribution < -0.4 is 20.4 Å². The second-order valence-corrected chi connectivity index (χ2v) is 7.15. The fourth-order valence-corrected chi connectivity index (χ4v) is 1.53. The Kier molecular flexibility index (Phi) is 42.2. The van der Waals surface area contributed by atoms with Crippen LogP contribution in [0, 0.1) is 0 Å². The Hall–Kier alpha value is -1.68. The van der Waals surface area contributed by atoms with E-state index in [-0.39, 0.29) is 45.7 Å². The molecule has 0 unspecified atom stereocenters. The molecular weight excluding hydrogens is 543 g/mol. The molecule has 0 heterocycles. The van der Waals surface area contributed by atoms with Crippen LogP contribution in [0.3, 0.4) is 0 Å². The maximum Gasteiger partial charge on any atom is 2.00 e. The predicted octanol–water partition coefficient (Wildman–Crippen LogP) is -1.95. The first-order chi connectivity index (χ1) is 14.5. The average molecular weight is 584 g/mol. The molecule has 0 aromatic rings. The Labute approximate surface area is 226 Å². The van der Waals surface area contributed by atoms with Gasteiger partial charge in [0.25, 0.3) is 0 Å². The standard InChI is InChI=1S/2C9H18N2O.2C2H4O2.2Cu/c2*1-8(7-9(2)12)10-5-6-11(3)4;2*1-2(3)4;;/h2*7,12H,5-6H2,1-4H3;2*1H3,(H,3,4);;/q;;;;2*+2/p-4/b2*9-7-,10-8?;;;;. The summed E-state index contributed by atoms with van der Waals surface area (Å²) in [7, 11) is 8.00. The van der Waals surface area contributed by atoms with Gasteiger partial charge in [-0.05, 0) is 55.9 Å². The SMILES string of the molecule is CC(/C=C(/C)[O-])=NCCN(C)C.CC(/C=C(/C)[O-])=NCCN(C)C.CC(=O)[O-].CC(=O)[O-].[Cu+2].[Cu+2]. The summed E-state index contributed by atoms with van der Waals surface area (Å²) in [6.07, 6.45) is 3.10. The van der Waals surface area contributed by atoms with Crippen molar-refractivity contribution in [2.75, 3.05) is 54.4 Å². The number of carboxylic acids is 2. The number of likely N-dealkylation sites (N-methyl/N-ethyl adjacent to an activating group) is 2. The van der Waals surface area contributed by atoms with Gasteiger partial charge in [0.15, 0.2) is 0 Å². The van der Waals surface area contributed by atoms with Crippen molar-refractivity contribution in [3.05, 3.63) is 23.7 Å². The minimum atomic E-state index is -1.08. The Bertz CT molecular complexity index is 565. The summed E-state index contributed by atoms with van der Waals surface area (Å²) in [5, 5.41) is 39.0. The maximum atomic E-state index is 10.6. The van der Waals surface area contributed by atoms with E-state index in [1.54, 1.807) is 12.2 Å². The minimum Gasteiger partial charge on any atom is -0.876 e. The minimum absolute atomic E-state index is 0. The fraction of sp³-hybridized carbons (Fsp3) is 0.636. The van der Waals surface area contributed by atoms with Crippen molar-refractivity contribution < 1.29 is 64.2 Å². The Morgan fingerprint density at radius 3 is 0.971 bits per heavy atom. The van der Waals surface area contributed by atoms with Gasteiger partial charge < -0.3 is 39.8 Å². The molecule has 0 aromatic heterocycles.